The number of fused-ring (bicyclic) bond motifs is 1. The number of hydrogen-bond donors (Lipinski definition) is 4. The van der Waals surface area contributed by atoms with Gasteiger partial charge in [-0.15, -0.1) is 0 Å². The third-order valence-electron chi connectivity index (χ3n) is 5.61. The maximum atomic E-state index is 14.1. The van der Waals surface area contributed by atoms with Crippen LogP contribution in [0.15, 0.2) is 30.3 Å². The Balaban J connectivity index is 1.63. The lowest BCUT2D eigenvalue weighted by Gasteiger charge is -2.09. The number of aromatic nitrogens is 1. The van der Waals surface area contributed by atoms with E-state index in [0.29, 0.717) is 28.2 Å². The van der Waals surface area contributed by atoms with E-state index in [1.165, 1.54) is 18.2 Å². The minimum Gasteiger partial charge on any atom is -0.478 e. The second kappa shape index (κ2) is 8.75. The lowest BCUT2D eigenvalue weighted by Crippen LogP contribution is -2.24. The van der Waals surface area contributed by atoms with Gasteiger partial charge in [-0.2, -0.15) is 0 Å². The zero-order valence-electron chi connectivity index (χ0n) is 18.0. The maximum Gasteiger partial charge on any atom is 0.337 e. The number of benzene rings is 2. The summed E-state index contributed by atoms with van der Waals surface area (Å²) in [6, 6.07) is 6.58. The Morgan fingerprint density at radius 3 is 2.59 bits per heavy atom. The Labute approximate surface area is 197 Å². The van der Waals surface area contributed by atoms with Crippen molar-refractivity contribution in [3.8, 4) is 0 Å². The van der Waals surface area contributed by atoms with Crippen molar-refractivity contribution in [1.29, 1.82) is 0 Å². The van der Waals surface area contributed by atoms with Gasteiger partial charge < -0.3 is 20.7 Å². The van der Waals surface area contributed by atoms with Gasteiger partial charge in [-0.25, -0.2) is 13.6 Å². The molecule has 0 unspecified atom stereocenters. The van der Waals surface area contributed by atoms with Crippen LogP contribution in [-0.4, -0.2) is 27.9 Å². The van der Waals surface area contributed by atoms with E-state index in [9.17, 15) is 28.3 Å². The normalized spacial score (nSPS) is 13.7. The molecular formula is C24H18ClF2N3O4. The maximum absolute atomic E-state index is 14.1. The van der Waals surface area contributed by atoms with Crippen LogP contribution < -0.4 is 10.6 Å². The van der Waals surface area contributed by atoms with Gasteiger partial charge in [-0.05, 0) is 55.8 Å². The van der Waals surface area contributed by atoms with Crippen molar-refractivity contribution in [1.82, 2.24) is 10.3 Å². The molecule has 4 N–H and O–H groups in total. The van der Waals surface area contributed by atoms with Gasteiger partial charge >= 0.3 is 5.97 Å². The SMILES string of the molecule is Cc1[nH]c(C=C2C(=O)Nc3ccc(C(=O)NCc4c(F)ccc(Cl)c4F)cc32)c(C)c1C(=O)O. The summed E-state index contributed by atoms with van der Waals surface area (Å²) in [7, 11) is 0. The first-order valence-corrected chi connectivity index (χ1v) is 10.5. The molecule has 0 atom stereocenters. The third-order valence-corrected chi connectivity index (χ3v) is 5.90. The molecule has 1 aliphatic rings. The average Bonchev–Trinajstić information content (AvgIpc) is 3.25. The number of carboxylic acids is 1. The summed E-state index contributed by atoms with van der Waals surface area (Å²) in [4.78, 5) is 39.7. The van der Waals surface area contributed by atoms with E-state index in [1.54, 1.807) is 19.9 Å². The number of hydrogen-bond acceptors (Lipinski definition) is 3. The number of carboxylic acid groups (broad SMARTS) is 1. The number of amides is 2. The molecule has 0 radical (unpaired) electrons. The number of aryl methyl sites for hydroxylation is 1. The lowest BCUT2D eigenvalue weighted by atomic mass is 10.0. The van der Waals surface area contributed by atoms with Gasteiger partial charge in [-0.1, -0.05) is 11.6 Å². The number of carbonyl (C=O) groups is 3. The molecule has 7 nitrogen and oxygen atoms in total. The van der Waals surface area contributed by atoms with Crippen molar-refractivity contribution in [2.24, 2.45) is 0 Å². The molecule has 1 aliphatic heterocycles. The third kappa shape index (κ3) is 4.06. The first-order valence-electron chi connectivity index (χ1n) is 10.1. The summed E-state index contributed by atoms with van der Waals surface area (Å²) in [5.41, 5.74) is 2.43. The van der Waals surface area contributed by atoms with E-state index in [-0.39, 0.29) is 27.3 Å². The number of carbonyl (C=O) groups excluding carboxylic acids is 2. The predicted octanol–water partition coefficient (Wildman–Crippen LogP) is 4.68. The van der Waals surface area contributed by atoms with E-state index in [0.717, 1.165) is 12.1 Å². The second-order valence-electron chi connectivity index (χ2n) is 7.75. The Morgan fingerprint density at radius 2 is 1.91 bits per heavy atom. The van der Waals surface area contributed by atoms with Crippen LogP contribution in [0.3, 0.4) is 0 Å². The van der Waals surface area contributed by atoms with E-state index >= 15 is 0 Å². The number of aromatic carboxylic acids is 1. The molecule has 174 valence electrons. The fourth-order valence-corrected chi connectivity index (χ4v) is 4.04. The molecule has 0 spiro atoms. The van der Waals surface area contributed by atoms with E-state index < -0.39 is 36.0 Å². The molecule has 0 saturated carbocycles. The summed E-state index contributed by atoms with van der Waals surface area (Å²) < 4.78 is 28.0. The monoisotopic (exact) mass is 485 g/mol. The molecule has 0 fully saturated rings. The van der Waals surface area contributed by atoms with Crippen molar-refractivity contribution in [2.75, 3.05) is 5.32 Å². The number of nitrogens with one attached hydrogen (secondary N) is 3. The number of halogens is 3. The van der Waals surface area contributed by atoms with Gasteiger partial charge in [0.1, 0.15) is 11.6 Å². The molecule has 2 heterocycles. The zero-order chi connectivity index (χ0) is 24.7. The Bertz CT molecular complexity index is 1410. The summed E-state index contributed by atoms with van der Waals surface area (Å²) in [6.45, 7) is 2.83. The van der Waals surface area contributed by atoms with Crippen molar-refractivity contribution >= 4 is 46.7 Å². The van der Waals surface area contributed by atoms with Crippen molar-refractivity contribution < 1.29 is 28.3 Å². The molecule has 10 heteroatoms. The molecular weight excluding hydrogens is 468 g/mol. The van der Waals surface area contributed by atoms with Crippen molar-refractivity contribution in [2.45, 2.75) is 20.4 Å². The average molecular weight is 486 g/mol. The van der Waals surface area contributed by atoms with Crippen LogP contribution >= 0.6 is 11.6 Å². The lowest BCUT2D eigenvalue weighted by molar-refractivity contribution is -0.110. The molecule has 4 rings (SSSR count). The molecule has 34 heavy (non-hydrogen) atoms. The van der Waals surface area contributed by atoms with Gasteiger partial charge in [0.25, 0.3) is 11.8 Å². The van der Waals surface area contributed by atoms with Gasteiger partial charge in [-0.3, -0.25) is 9.59 Å². The van der Waals surface area contributed by atoms with Crippen molar-refractivity contribution in [3.05, 3.63) is 86.2 Å². The molecule has 2 amide bonds. The van der Waals surface area contributed by atoms with Gasteiger partial charge in [0.15, 0.2) is 0 Å². The molecule has 0 aliphatic carbocycles. The molecule has 1 aromatic heterocycles. The fraction of sp³-hybridized carbons (Fsp3) is 0.125. The Morgan fingerprint density at radius 1 is 1.18 bits per heavy atom. The minimum absolute atomic E-state index is 0.124. The highest BCUT2D eigenvalue weighted by molar-refractivity contribution is 6.35. The number of anilines is 1. The predicted molar refractivity (Wildman–Crippen MR) is 123 cm³/mol. The number of aromatic amines is 1. The van der Waals surface area contributed by atoms with Gasteiger partial charge in [0.05, 0.1) is 16.2 Å². The highest BCUT2D eigenvalue weighted by Crippen LogP contribution is 2.35. The Hall–Kier alpha value is -3.98. The van der Waals surface area contributed by atoms with Crippen LogP contribution in [0.1, 0.15) is 48.8 Å². The number of H-pyrrole nitrogens is 1. The van der Waals surface area contributed by atoms with Crippen LogP contribution in [0.25, 0.3) is 11.6 Å². The van der Waals surface area contributed by atoms with Crippen LogP contribution in [0.5, 0.6) is 0 Å². The Kier molecular flexibility index (Phi) is 5.97. The summed E-state index contributed by atoms with van der Waals surface area (Å²) in [5, 5.41) is 14.3. The summed E-state index contributed by atoms with van der Waals surface area (Å²) in [5.74, 6) is -3.90. The summed E-state index contributed by atoms with van der Waals surface area (Å²) in [6.07, 6.45) is 1.52. The molecule has 0 saturated heterocycles. The highest BCUT2D eigenvalue weighted by atomic mass is 35.5. The van der Waals surface area contributed by atoms with Crippen molar-refractivity contribution in [3.63, 3.8) is 0 Å². The van der Waals surface area contributed by atoms with Crippen LogP contribution in [0.2, 0.25) is 5.02 Å². The van der Waals surface area contributed by atoms with E-state index in [2.05, 4.69) is 15.6 Å². The van der Waals surface area contributed by atoms with E-state index in [1.807, 2.05) is 0 Å². The van der Waals surface area contributed by atoms with Crippen LogP contribution in [0.4, 0.5) is 14.5 Å². The standard InChI is InChI=1S/C24H18ClF2N3O4/c1-10-19(29-11(2)20(10)24(33)34)8-14-13-7-12(3-6-18(13)30-23(14)32)22(31)28-9-15-17(26)5-4-16(25)21(15)27/h3-8,29H,9H2,1-2H3,(H,28,31)(H,30,32)(H,33,34). The fourth-order valence-electron chi connectivity index (χ4n) is 3.86. The topological polar surface area (TPSA) is 111 Å². The molecule has 2 aromatic carbocycles. The first-order chi connectivity index (χ1) is 16.1. The van der Waals surface area contributed by atoms with Crippen LogP contribution in [-0.2, 0) is 11.3 Å². The smallest absolute Gasteiger partial charge is 0.337 e. The zero-order valence-corrected chi connectivity index (χ0v) is 18.7. The summed E-state index contributed by atoms with van der Waals surface area (Å²) >= 11 is 5.68. The quantitative estimate of drug-likeness (QED) is 0.310. The highest BCUT2D eigenvalue weighted by Gasteiger charge is 2.27. The van der Waals surface area contributed by atoms with Gasteiger partial charge in [0, 0.05) is 40.3 Å². The van der Waals surface area contributed by atoms with Crippen LogP contribution in [0, 0.1) is 25.5 Å². The van der Waals surface area contributed by atoms with E-state index in [4.69, 9.17) is 11.6 Å². The molecule has 3 aromatic rings. The first kappa shape index (κ1) is 23.2. The second-order valence-corrected chi connectivity index (χ2v) is 8.15. The number of rotatable bonds is 5. The minimum atomic E-state index is -1.08. The molecule has 0 bridgehead atoms. The largest absolute Gasteiger partial charge is 0.478 e. The van der Waals surface area contributed by atoms with Gasteiger partial charge in [0.2, 0.25) is 0 Å².